The highest BCUT2D eigenvalue weighted by Crippen LogP contribution is 2.00. The first-order chi connectivity index (χ1) is 6.33. The summed E-state index contributed by atoms with van der Waals surface area (Å²) in [5.74, 6) is -0.362. The number of nitrogens with one attached hydrogen (secondary N) is 2. The van der Waals surface area contributed by atoms with Crippen molar-refractivity contribution >= 4 is 11.6 Å². The van der Waals surface area contributed by atoms with E-state index in [4.69, 9.17) is 5.26 Å². The molecular formula is C8H8N4O. The van der Waals surface area contributed by atoms with Gasteiger partial charge in [0.1, 0.15) is 6.42 Å². The summed E-state index contributed by atoms with van der Waals surface area (Å²) in [4.78, 5) is 14.6. The lowest BCUT2D eigenvalue weighted by Crippen LogP contribution is -2.28. The van der Waals surface area contributed by atoms with Gasteiger partial charge in [-0.05, 0) is 12.1 Å². The average Bonchev–Trinajstić information content (AvgIpc) is 2.17. The van der Waals surface area contributed by atoms with Gasteiger partial charge in [0, 0.05) is 12.4 Å². The van der Waals surface area contributed by atoms with Crippen LogP contribution in [0, 0.1) is 11.3 Å². The van der Waals surface area contributed by atoms with Crippen LogP contribution in [0.5, 0.6) is 0 Å². The smallest absolute Gasteiger partial charge is 0.252 e. The van der Waals surface area contributed by atoms with Gasteiger partial charge in [-0.2, -0.15) is 5.26 Å². The molecule has 0 aliphatic heterocycles. The number of anilines is 1. The van der Waals surface area contributed by atoms with Gasteiger partial charge >= 0.3 is 0 Å². The van der Waals surface area contributed by atoms with Gasteiger partial charge in [-0.25, -0.2) is 0 Å². The maximum absolute atomic E-state index is 10.8. The molecule has 0 aliphatic rings. The van der Waals surface area contributed by atoms with Gasteiger partial charge in [-0.15, -0.1) is 0 Å². The molecule has 0 fully saturated rings. The maximum Gasteiger partial charge on any atom is 0.252 e. The van der Waals surface area contributed by atoms with Gasteiger partial charge in [0.15, 0.2) is 0 Å². The fourth-order valence-electron chi connectivity index (χ4n) is 0.693. The Morgan fingerprint density at radius 1 is 1.54 bits per heavy atom. The molecule has 2 N–H and O–H groups in total. The van der Waals surface area contributed by atoms with E-state index < -0.39 is 0 Å². The van der Waals surface area contributed by atoms with Crippen LogP contribution in [0.25, 0.3) is 0 Å². The topological polar surface area (TPSA) is 77.8 Å². The van der Waals surface area contributed by atoms with E-state index in [-0.39, 0.29) is 12.3 Å². The van der Waals surface area contributed by atoms with Crippen molar-refractivity contribution in [2.45, 2.75) is 6.42 Å². The predicted molar refractivity (Wildman–Crippen MR) is 46.2 cm³/mol. The molecule has 1 aromatic heterocycles. The first kappa shape index (κ1) is 9.00. The summed E-state index contributed by atoms with van der Waals surface area (Å²) < 4.78 is 0. The second-order valence-corrected chi connectivity index (χ2v) is 2.24. The monoisotopic (exact) mass is 176 g/mol. The van der Waals surface area contributed by atoms with Crippen molar-refractivity contribution in [1.82, 2.24) is 10.4 Å². The molecule has 5 heteroatoms. The molecule has 1 heterocycles. The van der Waals surface area contributed by atoms with Crippen molar-refractivity contribution in [3.05, 3.63) is 24.5 Å². The number of amides is 1. The molecule has 5 nitrogen and oxygen atoms in total. The summed E-state index contributed by atoms with van der Waals surface area (Å²) in [5.41, 5.74) is 5.72. The molecule has 13 heavy (non-hydrogen) atoms. The van der Waals surface area contributed by atoms with E-state index in [2.05, 4.69) is 15.8 Å². The standard InChI is InChI=1S/C8H8N4O/c9-4-1-8(13)12-11-7-2-5-10-6-3-7/h2-3,5-6H,1H2,(H,10,11)(H,12,13). The zero-order valence-corrected chi connectivity index (χ0v) is 6.82. The number of aromatic nitrogens is 1. The number of hydrazine groups is 1. The lowest BCUT2D eigenvalue weighted by atomic mass is 10.4. The number of hydrogen-bond acceptors (Lipinski definition) is 4. The minimum absolute atomic E-state index is 0.155. The average molecular weight is 176 g/mol. The van der Waals surface area contributed by atoms with Crippen molar-refractivity contribution in [3.63, 3.8) is 0 Å². The van der Waals surface area contributed by atoms with Crippen LogP contribution in [0.3, 0.4) is 0 Å². The van der Waals surface area contributed by atoms with Crippen LogP contribution in [0.2, 0.25) is 0 Å². The van der Waals surface area contributed by atoms with E-state index in [1.54, 1.807) is 30.6 Å². The Kier molecular flexibility index (Phi) is 3.27. The van der Waals surface area contributed by atoms with Crippen molar-refractivity contribution in [1.29, 1.82) is 5.26 Å². The van der Waals surface area contributed by atoms with E-state index in [9.17, 15) is 4.79 Å². The largest absolute Gasteiger partial charge is 0.298 e. The van der Waals surface area contributed by atoms with Gasteiger partial charge < -0.3 is 0 Å². The van der Waals surface area contributed by atoms with Crippen LogP contribution in [-0.4, -0.2) is 10.9 Å². The fraction of sp³-hybridized carbons (Fsp3) is 0.125. The number of carbonyl (C=O) groups is 1. The highest BCUT2D eigenvalue weighted by molar-refractivity contribution is 5.79. The predicted octanol–water partition coefficient (Wildman–Crippen LogP) is 0.438. The minimum atomic E-state index is -0.362. The van der Waals surface area contributed by atoms with Crippen LogP contribution < -0.4 is 10.9 Å². The number of carbonyl (C=O) groups excluding carboxylic acids is 1. The third-order valence-electron chi connectivity index (χ3n) is 1.27. The molecule has 0 aromatic carbocycles. The van der Waals surface area contributed by atoms with Gasteiger partial charge in [0.05, 0.1) is 11.8 Å². The SMILES string of the molecule is N#CCC(=O)NNc1ccncc1. The second-order valence-electron chi connectivity index (χ2n) is 2.24. The Morgan fingerprint density at radius 3 is 2.85 bits per heavy atom. The minimum Gasteiger partial charge on any atom is -0.298 e. The molecule has 1 rings (SSSR count). The molecule has 0 unspecified atom stereocenters. The molecule has 1 amide bonds. The van der Waals surface area contributed by atoms with E-state index >= 15 is 0 Å². The van der Waals surface area contributed by atoms with E-state index in [0.717, 1.165) is 5.69 Å². The second kappa shape index (κ2) is 4.72. The molecule has 66 valence electrons. The lowest BCUT2D eigenvalue weighted by molar-refractivity contribution is -0.119. The molecule has 0 saturated heterocycles. The molecule has 0 radical (unpaired) electrons. The summed E-state index contributed by atoms with van der Waals surface area (Å²) in [7, 11) is 0. The third kappa shape index (κ3) is 3.20. The summed E-state index contributed by atoms with van der Waals surface area (Å²) >= 11 is 0. The summed E-state index contributed by atoms with van der Waals surface area (Å²) in [6.07, 6.45) is 3.04. The van der Waals surface area contributed by atoms with E-state index in [1.807, 2.05) is 0 Å². The number of rotatable bonds is 3. The van der Waals surface area contributed by atoms with Crippen LogP contribution in [0.4, 0.5) is 5.69 Å². The molecule has 0 spiro atoms. The van der Waals surface area contributed by atoms with Crippen molar-refractivity contribution in [2.75, 3.05) is 5.43 Å². The van der Waals surface area contributed by atoms with E-state index in [1.165, 1.54) is 0 Å². The lowest BCUT2D eigenvalue weighted by Gasteiger charge is -2.05. The van der Waals surface area contributed by atoms with E-state index in [0.29, 0.717) is 0 Å². The van der Waals surface area contributed by atoms with Crippen LogP contribution in [-0.2, 0) is 4.79 Å². The highest BCUT2D eigenvalue weighted by Gasteiger charge is 1.97. The molecule has 0 aliphatic carbocycles. The normalized spacial score (nSPS) is 8.54. The molecule has 0 bridgehead atoms. The Morgan fingerprint density at radius 2 is 2.23 bits per heavy atom. The summed E-state index contributed by atoms with van der Waals surface area (Å²) in [5, 5.41) is 8.19. The number of pyridine rings is 1. The van der Waals surface area contributed by atoms with Gasteiger partial charge in [0.25, 0.3) is 5.91 Å². The Labute approximate surface area is 75.4 Å². The maximum atomic E-state index is 10.8. The van der Waals surface area contributed by atoms with Crippen molar-refractivity contribution in [3.8, 4) is 6.07 Å². The first-order valence-electron chi connectivity index (χ1n) is 3.65. The Balaban J connectivity index is 2.36. The first-order valence-corrected chi connectivity index (χ1v) is 3.65. The molecular weight excluding hydrogens is 168 g/mol. The Hall–Kier alpha value is -2.09. The Bertz CT molecular complexity index is 317. The van der Waals surface area contributed by atoms with Crippen molar-refractivity contribution < 1.29 is 4.79 Å². The van der Waals surface area contributed by atoms with Gasteiger partial charge in [0.2, 0.25) is 0 Å². The van der Waals surface area contributed by atoms with Crippen LogP contribution >= 0.6 is 0 Å². The fourth-order valence-corrected chi connectivity index (χ4v) is 0.693. The summed E-state index contributed by atoms with van der Waals surface area (Å²) in [6, 6.07) is 5.14. The molecule has 0 saturated carbocycles. The third-order valence-corrected chi connectivity index (χ3v) is 1.27. The van der Waals surface area contributed by atoms with Crippen LogP contribution in [0.1, 0.15) is 6.42 Å². The van der Waals surface area contributed by atoms with Gasteiger partial charge in [-0.1, -0.05) is 0 Å². The van der Waals surface area contributed by atoms with Crippen LogP contribution in [0.15, 0.2) is 24.5 Å². The van der Waals surface area contributed by atoms with Gasteiger partial charge in [-0.3, -0.25) is 20.6 Å². The quantitative estimate of drug-likeness (QED) is 0.655. The zero-order chi connectivity index (χ0) is 9.52. The number of nitrogens with zero attached hydrogens (tertiary/aromatic N) is 2. The molecule has 0 atom stereocenters. The van der Waals surface area contributed by atoms with Crippen molar-refractivity contribution in [2.24, 2.45) is 0 Å². The number of nitriles is 1. The zero-order valence-electron chi connectivity index (χ0n) is 6.82. The molecule has 1 aromatic rings. The number of hydrogen-bond donors (Lipinski definition) is 2. The summed E-state index contributed by atoms with van der Waals surface area (Å²) in [6.45, 7) is 0. The highest BCUT2D eigenvalue weighted by atomic mass is 16.2.